The number of amides is 1. The van der Waals surface area contributed by atoms with Crippen LogP contribution in [-0.4, -0.2) is 33.2 Å². The Kier molecular flexibility index (Phi) is 5.58. The van der Waals surface area contributed by atoms with Gasteiger partial charge in [0.05, 0.1) is 17.5 Å². The lowest BCUT2D eigenvalue weighted by atomic mass is 10.1. The number of fused-ring (bicyclic) bond motifs is 1. The molecular weight excluding hydrogens is 360 g/mol. The third-order valence-electron chi connectivity index (χ3n) is 4.12. The highest BCUT2D eigenvalue weighted by molar-refractivity contribution is 5.94. The summed E-state index contributed by atoms with van der Waals surface area (Å²) in [5.74, 6) is -0.545. The molecule has 0 saturated heterocycles. The van der Waals surface area contributed by atoms with Crippen LogP contribution in [-0.2, 0) is 16.1 Å². The summed E-state index contributed by atoms with van der Waals surface area (Å²) in [5, 5.41) is 5.11. The van der Waals surface area contributed by atoms with Gasteiger partial charge in [0.1, 0.15) is 12.4 Å². The van der Waals surface area contributed by atoms with Gasteiger partial charge in [0.15, 0.2) is 12.3 Å². The molecule has 2 heterocycles. The van der Waals surface area contributed by atoms with Crippen LogP contribution in [0.2, 0.25) is 0 Å². The highest BCUT2D eigenvalue weighted by Gasteiger charge is 2.16. The molecule has 8 nitrogen and oxygen atoms in total. The van der Waals surface area contributed by atoms with Crippen LogP contribution in [0.5, 0.6) is 5.75 Å². The van der Waals surface area contributed by atoms with Crippen molar-refractivity contribution in [3.05, 3.63) is 53.3 Å². The van der Waals surface area contributed by atoms with Gasteiger partial charge in [0, 0.05) is 11.4 Å². The van der Waals surface area contributed by atoms with Crippen molar-refractivity contribution in [2.75, 3.05) is 6.61 Å². The number of rotatable bonds is 7. The summed E-state index contributed by atoms with van der Waals surface area (Å²) in [6.07, 6.45) is 1.69. The number of hydrogen-bond donors (Lipinski definition) is 1. The van der Waals surface area contributed by atoms with E-state index in [0.29, 0.717) is 17.0 Å². The maximum Gasteiger partial charge on any atom is 0.340 e. The lowest BCUT2D eigenvalue weighted by Gasteiger charge is -2.10. The van der Waals surface area contributed by atoms with Gasteiger partial charge in [-0.3, -0.25) is 4.79 Å². The van der Waals surface area contributed by atoms with Crippen LogP contribution in [0.15, 0.2) is 36.5 Å². The number of hydrogen-bond acceptors (Lipinski definition) is 6. The molecular formula is C20H22N4O4. The Labute approximate surface area is 162 Å². The minimum absolute atomic E-state index is 0.0648. The number of carbonyl (C=O) groups excluding carboxylic acids is 2. The van der Waals surface area contributed by atoms with Crippen LogP contribution in [0.3, 0.4) is 0 Å². The van der Waals surface area contributed by atoms with Gasteiger partial charge in [-0.15, -0.1) is 0 Å². The molecule has 0 aliphatic heterocycles. The van der Waals surface area contributed by atoms with Gasteiger partial charge in [-0.1, -0.05) is 12.1 Å². The predicted octanol–water partition coefficient (Wildman–Crippen LogP) is 2.54. The number of pyridine rings is 1. The molecule has 3 aromatic rings. The van der Waals surface area contributed by atoms with E-state index < -0.39 is 11.9 Å². The van der Waals surface area contributed by atoms with Crippen molar-refractivity contribution in [1.29, 1.82) is 0 Å². The molecule has 0 atom stereocenters. The summed E-state index contributed by atoms with van der Waals surface area (Å²) in [6, 6.07) is 8.86. The van der Waals surface area contributed by atoms with Gasteiger partial charge in [0.2, 0.25) is 0 Å². The summed E-state index contributed by atoms with van der Waals surface area (Å²) in [7, 11) is 0. The number of benzene rings is 1. The van der Waals surface area contributed by atoms with Crippen molar-refractivity contribution in [1.82, 2.24) is 14.8 Å². The van der Waals surface area contributed by atoms with E-state index in [9.17, 15) is 9.59 Å². The molecule has 1 amide bonds. The number of esters is 1. The van der Waals surface area contributed by atoms with E-state index in [4.69, 9.17) is 15.2 Å². The molecule has 0 radical (unpaired) electrons. The van der Waals surface area contributed by atoms with Gasteiger partial charge in [-0.05, 0) is 44.5 Å². The van der Waals surface area contributed by atoms with Crippen LogP contribution >= 0.6 is 0 Å². The second-order valence-electron chi connectivity index (χ2n) is 6.70. The second kappa shape index (κ2) is 8.08. The molecule has 146 valence electrons. The number of primary amides is 1. The van der Waals surface area contributed by atoms with E-state index in [0.717, 1.165) is 16.6 Å². The van der Waals surface area contributed by atoms with Crippen molar-refractivity contribution in [3.63, 3.8) is 0 Å². The number of ether oxygens (including phenoxy) is 2. The highest BCUT2D eigenvalue weighted by atomic mass is 16.5. The first-order valence-electron chi connectivity index (χ1n) is 8.87. The van der Waals surface area contributed by atoms with Crippen molar-refractivity contribution in [3.8, 4) is 5.75 Å². The molecule has 1 aromatic carbocycles. The Balaban J connectivity index is 1.72. The maximum atomic E-state index is 12.5. The van der Waals surface area contributed by atoms with E-state index in [1.807, 2.05) is 18.5 Å². The Morgan fingerprint density at radius 2 is 2.04 bits per heavy atom. The summed E-state index contributed by atoms with van der Waals surface area (Å²) in [5.41, 5.74) is 7.52. The predicted molar refractivity (Wildman–Crippen MR) is 103 cm³/mol. The zero-order valence-corrected chi connectivity index (χ0v) is 16.0. The van der Waals surface area contributed by atoms with E-state index >= 15 is 0 Å². The van der Waals surface area contributed by atoms with Crippen LogP contribution in [0, 0.1) is 6.92 Å². The Hall–Kier alpha value is -3.42. The molecule has 0 aliphatic rings. The average Bonchev–Trinajstić information content (AvgIpc) is 3.07. The number of nitrogens with two attached hydrogens (primary N) is 1. The standard InChI is InChI=1S/C20H22N4O4/c1-12(2)24-19-15(9-22-24)8-17(13(3)23-19)20(26)28-10-14-5-4-6-16(7-14)27-11-18(21)25/h4-9,12H,10-11H2,1-3H3,(H2,21,25). The van der Waals surface area contributed by atoms with Crippen molar-refractivity contribution in [2.45, 2.75) is 33.4 Å². The molecule has 8 heteroatoms. The largest absolute Gasteiger partial charge is 0.484 e. The van der Waals surface area contributed by atoms with E-state index in [1.165, 1.54) is 0 Å². The quantitative estimate of drug-likeness (QED) is 0.629. The Morgan fingerprint density at radius 1 is 1.25 bits per heavy atom. The number of carbonyl (C=O) groups is 2. The smallest absolute Gasteiger partial charge is 0.340 e. The lowest BCUT2D eigenvalue weighted by molar-refractivity contribution is -0.119. The number of aryl methyl sites for hydroxylation is 1. The zero-order chi connectivity index (χ0) is 20.3. The third-order valence-corrected chi connectivity index (χ3v) is 4.12. The SMILES string of the molecule is Cc1nc2c(cnn2C(C)C)cc1C(=O)OCc1cccc(OCC(N)=O)c1. The van der Waals surface area contributed by atoms with E-state index in [1.54, 1.807) is 43.5 Å². The molecule has 0 fully saturated rings. The minimum atomic E-state index is -0.559. The van der Waals surface area contributed by atoms with Crippen LogP contribution < -0.4 is 10.5 Å². The molecule has 0 unspecified atom stereocenters. The Morgan fingerprint density at radius 3 is 2.75 bits per heavy atom. The topological polar surface area (TPSA) is 109 Å². The fraction of sp³-hybridized carbons (Fsp3) is 0.300. The highest BCUT2D eigenvalue weighted by Crippen LogP contribution is 2.20. The second-order valence-corrected chi connectivity index (χ2v) is 6.70. The summed E-state index contributed by atoms with van der Waals surface area (Å²) < 4.78 is 12.5. The Bertz CT molecular complexity index is 1030. The number of aromatic nitrogens is 3. The van der Waals surface area contributed by atoms with Crippen molar-refractivity contribution < 1.29 is 19.1 Å². The molecule has 2 N–H and O–H groups in total. The van der Waals surface area contributed by atoms with Crippen molar-refractivity contribution >= 4 is 22.9 Å². The summed E-state index contributed by atoms with van der Waals surface area (Å²) in [6.45, 7) is 5.67. The first kappa shape index (κ1) is 19.3. The lowest BCUT2D eigenvalue weighted by Crippen LogP contribution is -2.20. The number of nitrogens with zero attached hydrogens (tertiary/aromatic N) is 3. The van der Waals surface area contributed by atoms with Gasteiger partial charge in [-0.2, -0.15) is 5.10 Å². The molecule has 28 heavy (non-hydrogen) atoms. The monoisotopic (exact) mass is 382 g/mol. The van der Waals surface area contributed by atoms with Crippen LogP contribution in [0.4, 0.5) is 0 Å². The molecule has 0 saturated carbocycles. The third kappa shape index (κ3) is 4.28. The fourth-order valence-electron chi connectivity index (χ4n) is 2.76. The molecule has 3 rings (SSSR count). The van der Waals surface area contributed by atoms with Crippen LogP contribution in [0.1, 0.15) is 41.5 Å². The van der Waals surface area contributed by atoms with Gasteiger partial charge >= 0.3 is 5.97 Å². The summed E-state index contributed by atoms with van der Waals surface area (Å²) in [4.78, 5) is 27.9. The normalized spacial score (nSPS) is 11.0. The average molecular weight is 382 g/mol. The van der Waals surface area contributed by atoms with E-state index in [2.05, 4.69) is 10.1 Å². The molecule has 0 spiro atoms. The fourth-order valence-corrected chi connectivity index (χ4v) is 2.76. The van der Waals surface area contributed by atoms with E-state index in [-0.39, 0.29) is 19.3 Å². The van der Waals surface area contributed by atoms with Gasteiger partial charge in [0.25, 0.3) is 5.91 Å². The molecule has 2 aromatic heterocycles. The zero-order valence-electron chi connectivity index (χ0n) is 16.0. The first-order chi connectivity index (χ1) is 13.3. The van der Waals surface area contributed by atoms with Gasteiger partial charge in [-0.25, -0.2) is 14.5 Å². The molecule has 0 bridgehead atoms. The summed E-state index contributed by atoms with van der Waals surface area (Å²) >= 11 is 0. The maximum absolute atomic E-state index is 12.5. The van der Waals surface area contributed by atoms with Gasteiger partial charge < -0.3 is 15.2 Å². The minimum Gasteiger partial charge on any atom is -0.484 e. The molecule has 0 aliphatic carbocycles. The van der Waals surface area contributed by atoms with Crippen molar-refractivity contribution in [2.24, 2.45) is 5.73 Å². The van der Waals surface area contributed by atoms with Crippen LogP contribution in [0.25, 0.3) is 11.0 Å². The first-order valence-corrected chi connectivity index (χ1v) is 8.87.